The standard InChI is InChI=1S/C14H28/c1-6-8-14-12(5)11(4)10(3)9-13(14)7-2/h10-14H,6-9H2,1-5H3. The van der Waals surface area contributed by atoms with Crippen molar-refractivity contribution in [3.8, 4) is 0 Å². The van der Waals surface area contributed by atoms with E-state index in [0.29, 0.717) is 0 Å². The van der Waals surface area contributed by atoms with Gasteiger partial charge in [-0.05, 0) is 36.0 Å². The summed E-state index contributed by atoms with van der Waals surface area (Å²) >= 11 is 0. The summed E-state index contributed by atoms with van der Waals surface area (Å²) in [6, 6.07) is 0. The zero-order valence-corrected chi connectivity index (χ0v) is 10.7. The molecule has 0 amide bonds. The molecular formula is C14H28. The van der Waals surface area contributed by atoms with Gasteiger partial charge in [-0.1, -0.05) is 53.9 Å². The Bertz CT molecular complexity index is 159. The first-order chi connectivity index (χ1) is 6.61. The zero-order chi connectivity index (χ0) is 10.7. The van der Waals surface area contributed by atoms with E-state index in [1.165, 1.54) is 25.7 Å². The Morgan fingerprint density at radius 3 is 2.14 bits per heavy atom. The molecule has 1 fully saturated rings. The Balaban J connectivity index is 2.67. The normalized spacial score (nSPS) is 43.9. The van der Waals surface area contributed by atoms with Gasteiger partial charge >= 0.3 is 0 Å². The van der Waals surface area contributed by atoms with Crippen LogP contribution in [-0.2, 0) is 0 Å². The third-order valence-corrected chi connectivity index (χ3v) is 4.83. The molecule has 0 heteroatoms. The van der Waals surface area contributed by atoms with E-state index in [0.717, 1.165) is 29.6 Å². The van der Waals surface area contributed by atoms with E-state index in [9.17, 15) is 0 Å². The van der Waals surface area contributed by atoms with Gasteiger partial charge in [0, 0.05) is 0 Å². The molecule has 1 rings (SSSR count). The fraction of sp³-hybridized carbons (Fsp3) is 1.00. The molecule has 0 aromatic rings. The lowest BCUT2D eigenvalue weighted by Crippen LogP contribution is -2.36. The number of hydrogen-bond acceptors (Lipinski definition) is 0. The lowest BCUT2D eigenvalue weighted by molar-refractivity contribution is 0.0561. The van der Waals surface area contributed by atoms with Crippen LogP contribution in [0.5, 0.6) is 0 Å². The van der Waals surface area contributed by atoms with Crippen molar-refractivity contribution in [2.75, 3.05) is 0 Å². The van der Waals surface area contributed by atoms with Gasteiger partial charge in [0.2, 0.25) is 0 Å². The van der Waals surface area contributed by atoms with Crippen molar-refractivity contribution >= 4 is 0 Å². The molecule has 0 spiro atoms. The topological polar surface area (TPSA) is 0 Å². The smallest absolute Gasteiger partial charge is 0.0358 e. The Kier molecular flexibility index (Phi) is 4.47. The summed E-state index contributed by atoms with van der Waals surface area (Å²) in [6.45, 7) is 12.1. The van der Waals surface area contributed by atoms with Crippen LogP contribution in [0.1, 0.15) is 60.3 Å². The average Bonchev–Trinajstić information content (AvgIpc) is 2.19. The van der Waals surface area contributed by atoms with Gasteiger partial charge in [-0.3, -0.25) is 0 Å². The second-order valence-electron chi connectivity index (χ2n) is 5.55. The van der Waals surface area contributed by atoms with E-state index in [4.69, 9.17) is 0 Å². The van der Waals surface area contributed by atoms with Gasteiger partial charge in [-0.25, -0.2) is 0 Å². The van der Waals surface area contributed by atoms with Crippen molar-refractivity contribution in [2.24, 2.45) is 29.6 Å². The van der Waals surface area contributed by atoms with E-state index in [1.807, 2.05) is 0 Å². The van der Waals surface area contributed by atoms with Crippen molar-refractivity contribution in [2.45, 2.75) is 60.3 Å². The Morgan fingerprint density at radius 1 is 1.00 bits per heavy atom. The fourth-order valence-corrected chi connectivity index (χ4v) is 3.51. The first-order valence-corrected chi connectivity index (χ1v) is 6.61. The van der Waals surface area contributed by atoms with Gasteiger partial charge in [0.1, 0.15) is 0 Å². The van der Waals surface area contributed by atoms with Crippen LogP contribution in [0.15, 0.2) is 0 Å². The molecule has 0 nitrogen and oxygen atoms in total. The van der Waals surface area contributed by atoms with Crippen LogP contribution in [0.25, 0.3) is 0 Å². The van der Waals surface area contributed by atoms with Gasteiger partial charge in [0.15, 0.2) is 0 Å². The molecule has 5 atom stereocenters. The first-order valence-electron chi connectivity index (χ1n) is 6.61. The summed E-state index contributed by atoms with van der Waals surface area (Å²) in [4.78, 5) is 0. The molecule has 0 aliphatic heterocycles. The maximum Gasteiger partial charge on any atom is -0.0358 e. The molecule has 84 valence electrons. The highest BCUT2D eigenvalue weighted by Crippen LogP contribution is 2.45. The number of hydrogen-bond donors (Lipinski definition) is 0. The molecule has 0 aromatic heterocycles. The van der Waals surface area contributed by atoms with Gasteiger partial charge in [0.25, 0.3) is 0 Å². The van der Waals surface area contributed by atoms with Gasteiger partial charge < -0.3 is 0 Å². The molecule has 5 unspecified atom stereocenters. The van der Waals surface area contributed by atoms with E-state index in [2.05, 4.69) is 34.6 Å². The quantitative estimate of drug-likeness (QED) is 0.611. The summed E-state index contributed by atoms with van der Waals surface area (Å²) in [7, 11) is 0. The summed E-state index contributed by atoms with van der Waals surface area (Å²) in [5.74, 6) is 4.86. The van der Waals surface area contributed by atoms with Crippen LogP contribution < -0.4 is 0 Å². The van der Waals surface area contributed by atoms with Crippen LogP contribution in [0.3, 0.4) is 0 Å². The van der Waals surface area contributed by atoms with Crippen LogP contribution in [0.2, 0.25) is 0 Å². The van der Waals surface area contributed by atoms with Gasteiger partial charge in [-0.2, -0.15) is 0 Å². The summed E-state index contributed by atoms with van der Waals surface area (Å²) in [6.07, 6.45) is 5.70. The van der Waals surface area contributed by atoms with E-state index in [1.54, 1.807) is 0 Å². The minimum atomic E-state index is 0.939. The lowest BCUT2D eigenvalue weighted by atomic mass is 9.62. The third-order valence-electron chi connectivity index (χ3n) is 4.83. The van der Waals surface area contributed by atoms with Crippen molar-refractivity contribution in [3.63, 3.8) is 0 Å². The van der Waals surface area contributed by atoms with Crippen LogP contribution >= 0.6 is 0 Å². The molecular weight excluding hydrogens is 168 g/mol. The molecule has 0 N–H and O–H groups in total. The Labute approximate surface area is 90.5 Å². The highest BCUT2D eigenvalue weighted by atomic mass is 14.4. The third kappa shape index (κ3) is 2.32. The van der Waals surface area contributed by atoms with Crippen molar-refractivity contribution < 1.29 is 0 Å². The van der Waals surface area contributed by atoms with Crippen LogP contribution in [-0.4, -0.2) is 0 Å². The van der Waals surface area contributed by atoms with E-state index < -0.39 is 0 Å². The molecule has 0 bridgehead atoms. The SMILES string of the molecule is CCCC1C(CC)CC(C)C(C)C1C. The lowest BCUT2D eigenvalue weighted by Gasteiger charge is -2.44. The number of rotatable bonds is 3. The molecule has 1 saturated carbocycles. The average molecular weight is 196 g/mol. The minimum Gasteiger partial charge on any atom is -0.0654 e. The predicted molar refractivity (Wildman–Crippen MR) is 64.3 cm³/mol. The van der Waals surface area contributed by atoms with Gasteiger partial charge in [-0.15, -0.1) is 0 Å². The second kappa shape index (κ2) is 5.19. The monoisotopic (exact) mass is 196 g/mol. The molecule has 0 saturated heterocycles. The first kappa shape index (κ1) is 12.1. The molecule has 0 heterocycles. The van der Waals surface area contributed by atoms with Crippen molar-refractivity contribution in [1.29, 1.82) is 0 Å². The van der Waals surface area contributed by atoms with Crippen LogP contribution in [0, 0.1) is 29.6 Å². The molecule has 1 aliphatic carbocycles. The maximum atomic E-state index is 2.49. The zero-order valence-electron chi connectivity index (χ0n) is 10.7. The van der Waals surface area contributed by atoms with E-state index >= 15 is 0 Å². The second-order valence-corrected chi connectivity index (χ2v) is 5.55. The van der Waals surface area contributed by atoms with Crippen molar-refractivity contribution in [3.05, 3.63) is 0 Å². The Morgan fingerprint density at radius 2 is 1.64 bits per heavy atom. The molecule has 14 heavy (non-hydrogen) atoms. The predicted octanol–water partition coefficient (Wildman–Crippen LogP) is 4.74. The maximum absolute atomic E-state index is 2.49. The largest absolute Gasteiger partial charge is 0.0654 e. The minimum absolute atomic E-state index is 0.939. The molecule has 0 aromatic carbocycles. The van der Waals surface area contributed by atoms with Gasteiger partial charge in [0.05, 0.1) is 0 Å². The fourth-order valence-electron chi connectivity index (χ4n) is 3.51. The molecule has 1 aliphatic rings. The Hall–Kier alpha value is 0. The summed E-state index contributed by atoms with van der Waals surface area (Å²) in [5, 5.41) is 0. The summed E-state index contributed by atoms with van der Waals surface area (Å²) in [5.41, 5.74) is 0. The van der Waals surface area contributed by atoms with Crippen molar-refractivity contribution in [1.82, 2.24) is 0 Å². The highest BCUT2D eigenvalue weighted by Gasteiger charge is 2.36. The van der Waals surface area contributed by atoms with E-state index in [-0.39, 0.29) is 0 Å². The molecule has 0 radical (unpaired) electrons. The summed E-state index contributed by atoms with van der Waals surface area (Å²) < 4.78 is 0. The highest BCUT2D eigenvalue weighted by molar-refractivity contribution is 4.86. The van der Waals surface area contributed by atoms with Crippen LogP contribution in [0.4, 0.5) is 0 Å².